The van der Waals surface area contributed by atoms with Gasteiger partial charge in [-0.2, -0.15) is 0 Å². The number of nitrogens with two attached hydrogens (primary N) is 1. The maximum atomic E-state index is 11.1. The van der Waals surface area contributed by atoms with E-state index in [1.54, 1.807) is 11.9 Å². The fraction of sp³-hybridized carbons (Fsp3) is 0.714. The van der Waals surface area contributed by atoms with Crippen molar-refractivity contribution in [3.63, 3.8) is 0 Å². The zero-order valence-electron chi connectivity index (χ0n) is 7.21. The average molecular weight is 170 g/mol. The molecule has 0 aliphatic carbocycles. The first-order valence-corrected chi connectivity index (χ1v) is 3.98. The molecule has 1 aliphatic heterocycles. The Morgan fingerprint density at radius 3 is 3.17 bits per heavy atom. The van der Waals surface area contributed by atoms with Gasteiger partial charge in [-0.3, -0.25) is 9.79 Å². The molecule has 5 heteroatoms. The third-order valence-electron chi connectivity index (χ3n) is 1.81. The van der Waals surface area contributed by atoms with E-state index >= 15 is 0 Å². The summed E-state index contributed by atoms with van der Waals surface area (Å²) in [5, 5.41) is 2.76. The lowest BCUT2D eigenvalue weighted by Gasteiger charge is -2.18. The van der Waals surface area contributed by atoms with Gasteiger partial charge in [0.1, 0.15) is 0 Å². The van der Waals surface area contributed by atoms with E-state index in [-0.39, 0.29) is 5.91 Å². The number of hydrogen-bond acceptors (Lipinski definition) is 2. The second-order valence-electron chi connectivity index (χ2n) is 2.71. The highest BCUT2D eigenvalue weighted by Crippen LogP contribution is 1.94. The molecule has 0 atom stereocenters. The van der Waals surface area contributed by atoms with Crippen molar-refractivity contribution in [2.75, 3.05) is 26.7 Å². The maximum Gasteiger partial charge on any atom is 0.239 e. The molecule has 0 spiro atoms. The van der Waals surface area contributed by atoms with Crippen LogP contribution < -0.4 is 11.1 Å². The molecule has 0 aromatic rings. The van der Waals surface area contributed by atoms with Crippen LogP contribution in [0.5, 0.6) is 0 Å². The maximum absolute atomic E-state index is 11.1. The van der Waals surface area contributed by atoms with Crippen LogP contribution in [0, 0.1) is 0 Å². The highest BCUT2D eigenvalue weighted by molar-refractivity contribution is 5.85. The van der Waals surface area contributed by atoms with Gasteiger partial charge in [0.25, 0.3) is 0 Å². The molecule has 1 aliphatic rings. The fourth-order valence-corrected chi connectivity index (χ4v) is 1.14. The molecule has 0 bridgehead atoms. The van der Waals surface area contributed by atoms with E-state index in [1.807, 2.05) is 0 Å². The number of nitrogens with zero attached hydrogens (tertiary/aromatic N) is 2. The van der Waals surface area contributed by atoms with Crippen molar-refractivity contribution in [1.82, 2.24) is 10.2 Å². The summed E-state index contributed by atoms with van der Waals surface area (Å²) in [6, 6.07) is 0. The zero-order valence-corrected chi connectivity index (χ0v) is 7.21. The predicted molar refractivity (Wildman–Crippen MR) is 46.7 cm³/mol. The van der Waals surface area contributed by atoms with Crippen molar-refractivity contribution in [2.45, 2.75) is 6.42 Å². The molecule has 1 amide bonds. The molecular formula is C7H14N4O. The van der Waals surface area contributed by atoms with Crippen LogP contribution in [-0.2, 0) is 4.79 Å². The molecule has 0 saturated carbocycles. The summed E-state index contributed by atoms with van der Waals surface area (Å²) in [7, 11) is 1.62. The van der Waals surface area contributed by atoms with E-state index in [2.05, 4.69) is 10.3 Å². The molecule has 68 valence electrons. The lowest BCUT2D eigenvalue weighted by atomic mass is 10.4. The molecule has 0 radical (unpaired) electrons. The Balaban J connectivity index is 2.58. The summed E-state index contributed by atoms with van der Waals surface area (Å²) in [6.45, 7) is 1.84. The summed E-state index contributed by atoms with van der Waals surface area (Å²) in [5.41, 5.74) is 5.58. The third kappa shape index (κ3) is 2.11. The van der Waals surface area contributed by atoms with Gasteiger partial charge in [0.2, 0.25) is 5.91 Å². The molecule has 0 aromatic heterocycles. The van der Waals surface area contributed by atoms with Crippen molar-refractivity contribution in [3.05, 3.63) is 0 Å². The summed E-state index contributed by atoms with van der Waals surface area (Å²) in [4.78, 5) is 16.7. The van der Waals surface area contributed by atoms with Crippen LogP contribution in [0.25, 0.3) is 0 Å². The molecule has 12 heavy (non-hydrogen) atoms. The normalized spacial score (nSPS) is 20.2. The van der Waals surface area contributed by atoms with Crippen LogP contribution in [0.15, 0.2) is 4.99 Å². The molecule has 1 heterocycles. The van der Waals surface area contributed by atoms with Crippen molar-refractivity contribution >= 4 is 11.9 Å². The number of nitrogens with one attached hydrogen (secondary N) is 1. The highest BCUT2D eigenvalue weighted by Gasteiger charge is 2.15. The summed E-state index contributed by atoms with van der Waals surface area (Å²) in [6.07, 6.45) is 0.919. The van der Waals surface area contributed by atoms with E-state index in [0.29, 0.717) is 12.5 Å². The van der Waals surface area contributed by atoms with Gasteiger partial charge in [-0.15, -0.1) is 0 Å². The summed E-state index contributed by atoms with van der Waals surface area (Å²) in [5.74, 6) is 0.450. The van der Waals surface area contributed by atoms with E-state index in [0.717, 1.165) is 19.5 Å². The molecule has 5 nitrogen and oxygen atoms in total. The third-order valence-corrected chi connectivity index (χ3v) is 1.81. The number of hydrogen-bond donors (Lipinski definition) is 2. The van der Waals surface area contributed by atoms with Crippen molar-refractivity contribution in [3.8, 4) is 0 Å². The topological polar surface area (TPSA) is 70.7 Å². The molecule has 1 rings (SSSR count). The first kappa shape index (κ1) is 8.83. The van der Waals surface area contributed by atoms with Gasteiger partial charge >= 0.3 is 0 Å². The van der Waals surface area contributed by atoms with E-state index in [1.165, 1.54) is 0 Å². The Morgan fingerprint density at radius 2 is 2.50 bits per heavy atom. The largest absolute Gasteiger partial charge is 0.370 e. The number of guanidine groups is 1. The zero-order chi connectivity index (χ0) is 8.97. The van der Waals surface area contributed by atoms with Gasteiger partial charge in [-0.1, -0.05) is 0 Å². The number of aliphatic imine (C=N–C) groups is 1. The Bertz CT molecular complexity index is 202. The smallest absolute Gasteiger partial charge is 0.239 e. The number of carbonyl (C=O) groups is 1. The van der Waals surface area contributed by atoms with Crippen LogP contribution in [0.3, 0.4) is 0 Å². The minimum atomic E-state index is 0.0131. The summed E-state index contributed by atoms with van der Waals surface area (Å²) >= 11 is 0. The Hall–Kier alpha value is -1.26. The van der Waals surface area contributed by atoms with Gasteiger partial charge in [-0.25, -0.2) is 0 Å². The Kier molecular flexibility index (Phi) is 2.90. The Morgan fingerprint density at radius 1 is 1.75 bits per heavy atom. The standard InChI is InChI=1S/C7H14N4O/c1-9-7(8)11-4-2-3-10-6(12)5-11/h2-5H2,1H3,(H2,8,9)(H,10,12). The second-order valence-corrected chi connectivity index (χ2v) is 2.71. The van der Waals surface area contributed by atoms with Crippen LogP contribution in [0.4, 0.5) is 0 Å². The first-order chi connectivity index (χ1) is 5.74. The second kappa shape index (κ2) is 3.94. The van der Waals surface area contributed by atoms with Crippen molar-refractivity contribution in [1.29, 1.82) is 0 Å². The molecule has 0 aromatic carbocycles. The molecule has 1 saturated heterocycles. The minimum Gasteiger partial charge on any atom is -0.370 e. The molecule has 0 unspecified atom stereocenters. The average Bonchev–Trinajstić information content (AvgIpc) is 2.28. The molecule has 3 N–H and O–H groups in total. The molecule has 1 fully saturated rings. The van der Waals surface area contributed by atoms with Gasteiger partial charge in [-0.05, 0) is 6.42 Å². The quantitative estimate of drug-likeness (QED) is 0.352. The monoisotopic (exact) mass is 170 g/mol. The minimum absolute atomic E-state index is 0.0131. The highest BCUT2D eigenvalue weighted by atomic mass is 16.2. The Labute approximate surface area is 71.6 Å². The van der Waals surface area contributed by atoms with Gasteiger partial charge in [0, 0.05) is 20.1 Å². The molecular weight excluding hydrogens is 156 g/mol. The van der Waals surface area contributed by atoms with Crippen molar-refractivity contribution < 1.29 is 4.79 Å². The van der Waals surface area contributed by atoms with Crippen molar-refractivity contribution in [2.24, 2.45) is 10.7 Å². The first-order valence-electron chi connectivity index (χ1n) is 3.98. The number of rotatable bonds is 0. The van der Waals surface area contributed by atoms with Gasteiger partial charge in [0.05, 0.1) is 6.54 Å². The number of amides is 1. The summed E-state index contributed by atoms with van der Waals surface area (Å²) < 4.78 is 0. The van der Waals surface area contributed by atoms with Crippen LogP contribution in [-0.4, -0.2) is 43.4 Å². The number of carbonyl (C=O) groups excluding carboxylic acids is 1. The van der Waals surface area contributed by atoms with Crippen LogP contribution >= 0.6 is 0 Å². The lowest BCUT2D eigenvalue weighted by Crippen LogP contribution is -2.41. The lowest BCUT2D eigenvalue weighted by molar-refractivity contribution is -0.120. The SMILES string of the molecule is CN=C(N)N1CCCNC(=O)C1. The van der Waals surface area contributed by atoms with Gasteiger partial charge < -0.3 is 16.0 Å². The fourth-order valence-electron chi connectivity index (χ4n) is 1.14. The van der Waals surface area contributed by atoms with E-state index in [4.69, 9.17) is 5.73 Å². The predicted octanol–water partition coefficient (Wildman–Crippen LogP) is -1.25. The van der Waals surface area contributed by atoms with E-state index < -0.39 is 0 Å². The van der Waals surface area contributed by atoms with Crippen LogP contribution in [0.2, 0.25) is 0 Å². The van der Waals surface area contributed by atoms with Crippen LogP contribution in [0.1, 0.15) is 6.42 Å². The van der Waals surface area contributed by atoms with Gasteiger partial charge in [0.15, 0.2) is 5.96 Å². The van der Waals surface area contributed by atoms with E-state index in [9.17, 15) is 4.79 Å².